The molecule has 0 spiro atoms. The molecule has 1 aliphatic rings. The molecule has 1 nitrogen and oxygen atoms in total. The Hall–Kier alpha value is -1.63. The van der Waals surface area contributed by atoms with Crippen molar-refractivity contribution < 1.29 is 0 Å². The number of fused-ring (bicyclic) bond motifs is 1. The number of hydrogen-bond donors (Lipinski definition) is 0. The molecule has 0 unspecified atom stereocenters. The zero-order chi connectivity index (χ0) is 14.7. The summed E-state index contributed by atoms with van der Waals surface area (Å²) in [4.78, 5) is 4.77. The first kappa shape index (κ1) is 14.3. The fraction of sp³-hybridized carbons (Fsp3) is 0.450. The molecule has 3 rings (SSSR count). The molecule has 0 aliphatic heterocycles. The van der Waals surface area contributed by atoms with Gasteiger partial charge in [-0.2, -0.15) is 0 Å². The molecule has 0 atom stereocenters. The van der Waals surface area contributed by atoms with Crippen LogP contribution in [0.3, 0.4) is 0 Å². The third-order valence-corrected chi connectivity index (χ3v) is 4.68. The molecule has 1 heterocycles. The minimum atomic E-state index is 1.07. The Morgan fingerprint density at radius 1 is 1.19 bits per heavy atom. The highest BCUT2D eigenvalue weighted by Crippen LogP contribution is 2.34. The summed E-state index contributed by atoms with van der Waals surface area (Å²) >= 11 is 0. The first-order valence-corrected chi connectivity index (χ1v) is 8.30. The van der Waals surface area contributed by atoms with Crippen molar-refractivity contribution in [1.29, 1.82) is 0 Å². The SMILES string of the molecule is C=Cc1c(CCCCCC2CC2)c(C)nc2ccccc12. The highest BCUT2D eigenvalue weighted by atomic mass is 14.7. The summed E-state index contributed by atoms with van der Waals surface area (Å²) in [6, 6.07) is 8.40. The zero-order valence-electron chi connectivity index (χ0n) is 13.1. The number of aryl methyl sites for hydroxylation is 1. The minimum absolute atomic E-state index is 1.07. The third-order valence-electron chi connectivity index (χ3n) is 4.68. The van der Waals surface area contributed by atoms with E-state index >= 15 is 0 Å². The molecular weight excluding hydrogens is 254 g/mol. The summed E-state index contributed by atoms with van der Waals surface area (Å²) in [5.41, 5.74) is 4.95. The number of nitrogens with zero attached hydrogens (tertiary/aromatic N) is 1. The van der Waals surface area contributed by atoms with E-state index in [0.717, 1.165) is 17.9 Å². The summed E-state index contributed by atoms with van der Waals surface area (Å²) < 4.78 is 0. The van der Waals surface area contributed by atoms with Crippen LogP contribution in [0.15, 0.2) is 30.8 Å². The molecule has 0 saturated heterocycles. The monoisotopic (exact) mass is 279 g/mol. The highest BCUT2D eigenvalue weighted by Gasteiger charge is 2.20. The Kier molecular flexibility index (Phi) is 4.38. The average Bonchev–Trinajstić information content (AvgIpc) is 3.31. The summed E-state index contributed by atoms with van der Waals surface area (Å²) in [7, 11) is 0. The van der Waals surface area contributed by atoms with E-state index in [4.69, 9.17) is 4.98 Å². The number of rotatable bonds is 7. The van der Waals surface area contributed by atoms with E-state index in [1.165, 1.54) is 60.7 Å². The molecule has 1 saturated carbocycles. The van der Waals surface area contributed by atoms with Crippen LogP contribution in [-0.4, -0.2) is 4.98 Å². The van der Waals surface area contributed by atoms with Gasteiger partial charge in [0.25, 0.3) is 0 Å². The summed E-state index contributed by atoms with van der Waals surface area (Å²) in [6.45, 7) is 6.17. The van der Waals surface area contributed by atoms with Crippen LogP contribution in [0.4, 0.5) is 0 Å². The third kappa shape index (κ3) is 3.34. The first-order valence-electron chi connectivity index (χ1n) is 8.30. The van der Waals surface area contributed by atoms with Crippen molar-refractivity contribution in [2.45, 2.75) is 51.9 Å². The summed E-state index contributed by atoms with van der Waals surface area (Å²) in [6.07, 6.45) is 11.6. The van der Waals surface area contributed by atoms with Crippen LogP contribution >= 0.6 is 0 Å². The topological polar surface area (TPSA) is 12.9 Å². The van der Waals surface area contributed by atoms with Crippen molar-refractivity contribution in [3.63, 3.8) is 0 Å². The number of benzene rings is 1. The van der Waals surface area contributed by atoms with E-state index < -0.39 is 0 Å². The van der Waals surface area contributed by atoms with Gasteiger partial charge in [-0.15, -0.1) is 0 Å². The number of pyridine rings is 1. The lowest BCUT2D eigenvalue weighted by Crippen LogP contribution is -1.99. The molecule has 1 aliphatic carbocycles. The Balaban J connectivity index is 1.73. The number of aromatic nitrogens is 1. The van der Waals surface area contributed by atoms with Gasteiger partial charge in [0.2, 0.25) is 0 Å². The van der Waals surface area contributed by atoms with Gasteiger partial charge in [-0.3, -0.25) is 4.98 Å². The Morgan fingerprint density at radius 2 is 2.00 bits per heavy atom. The van der Waals surface area contributed by atoms with Crippen molar-refractivity contribution in [3.05, 3.63) is 47.7 Å². The molecule has 0 amide bonds. The predicted molar refractivity (Wildman–Crippen MR) is 91.5 cm³/mol. The molecule has 0 N–H and O–H groups in total. The fourth-order valence-corrected chi connectivity index (χ4v) is 3.27. The lowest BCUT2D eigenvalue weighted by Gasteiger charge is -2.13. The van der Waals surface area contributed by atoms with Gasteiger partial charge in [-0.1, -0.05) is 63.0 Å². The number of hydrogen-bond acceptors (Lipinski definition) is 1. The lowest BCUT2D eigenvalue weighted by molar-refractivity contribution is 0.602. The Morgan fingerprint density at radius 3 is 2.76 bits per heavy atom. The minimum Gasteiger partial charge on any atom is -0.253 e. The van der Waals surface area contributed by atoms with Crippen molar-refractivity contribution in [1.82, 2.24) is 4.98 Å². The van der Waals surface area contributed by atoms with Gasteiger partial charge in [0.05, 0.1) is 5.52 Å². The van der Waals surface area contributed by atoms with Gasteiger partial charge in [0.15, 0.2) is 0 Å². The second-order valence-corrected chi connectivity index (χ2v) is 6.35. The van der Waals surface area contributed by atoms with Crippen molar-refractivity contribution in [3.8, 4) is 0 Å². The number of unbranched alkanes of at least 4 members (excludes halogenated alkanes) is 2. The zero-order valence-corrected chi connectivity index (χ0v) is 13.1. The molecule has 1 heteroatoms. The second-order valence-electron chi connectivity index (χ2n) is 6.35. The highest BCUT2D eigenvalue weighted by molar-refractivity contribution is 5.89. The normalized spacial score (nSPS) is 14.5. The Bertz CT molecular complexity index is 638. The maximum absolute atomic E-state index is 4.77. The molecule has 2 aromatic rings. The van der Waals surface area contributed by atoms with Crippen LogP contribution in [0.5, 0.6) is 0 Å². The van der Waals surface area contributed by atoms with E-state index in [2.05, 4.69) is 37.8 Å². The van der Waals surface area contributed by atoms with Gasteiger partial charge < -0.3 is 0 Å². The molecule has 21 heavy (non-hydrogen) atoms. The van der Waals surface area contributed by atoms with Crippen LogP contribution in [-0.2, 0) is 6.42 Å². The Labute approximate surface area is 128 Å². The van der Waals surface area contributed by atoms with Gasteiger partial charge >= 0.3 is 0 Å². The van der Waals surface area contributed by atoms with Gasteiger partial charge in [-0.25, -0.2) is 0 Å². The van der Waals surface area contributed by atoms with E-state index in [1.807, 2.05) is 6.08 Å². The maximum atomic E-state index is 4.77. The van der Waals surface area contributed by atoms with E-state index in [9.17, 15) is 0 Å². The standard InChI is InChI=1S/C20H25N/c1-3-17-18(10-6-4-5-9-16-13-14-16)15(2)21-20-12-8-7-11-19(17)20/h3,7-8,11-12,16H,1,4-6,9-10,13-14H2,2H3. The van der Waals surface area contributed by atoms with Crippen LogP contribution in [0.25, 0.3) is 17.0 Å². The van der Waals surface area contributed by atoms with Crippen LogP contribution in [0, 0.1) is 12.8 Å². The van der Waals surface area contributed by atoms with Crippen LogP contribution in [0.1, 0.15) is 55.3 Å². The van der Waals surface area contributed by atoms with Crippen molar-refractivity contribution in [2.75, 3.05) is 0 Å². The van der Waals surface area contributed by atoms with Gasteiger partial charge in [-0.05, 0) is 42.9 Å². The molecule has 1 aromatic carbocycles. The van der Waals surface area contributed by atoms with Crippen LogP contribution in [0.2, 0.25) is 0 Å². The number of para-hydroxylation sites is 1. The van der Waals surface area contributed by atoms with Crippen molar-refractivity contribution >= 4 is 17.0 Å². The summed E-state index contributed by atoms with van der Waals surface area (Å²) in [5.74, 6) is 1.07. The van der Waals surface area contributed by atoms with Crippen molar-refractivity contribution in [2.24, 2.45) is 5.92 Å². The molecule has 110 valence electrons. The van der Waals surface area contributed by atoms with Gasteiger partial charge in [0, 0.05) is 11.1 Å². The van der Waals surface area contributed by atoms with E-state index in [1.54, 1.807) is 0 Å². The van der Waals surface area contributed by atoms with Gasteiger partial charge in [0.1, 0.15) is 0 Å². The predicted octanol–water partition coefficient (Wildman–Crippen LogP) is 5.70. The lowest BCUT2D eigenvalue weighted by atomic mass is 9.96. The second kappa shape index (κ2) is 6.43. The molecule has 1 fully saturated rings. The smallest absolute Gasteiger partial charge is 0.0711 e. The van der Waals surface area contributed by atoms with E-state index in [0.29, 0.717) is 0 Å². The molecule has 1 aromatic heterocycles. The van der Waals surface area contributed by atoms with E-state index in [-0.39, 0.29) is 0 Å². The average molecular weight is 279 g/mol. The first-order chi connectivity index (χ1) is 10.3. The quantitative estimate of drug-likeness (QED) is 0.592. The maximum Gasteiger partial charge on any atom is 0.0711 e. The molecule has 0 bridgehead atoms. The molecule has 0 radical (unpaired) electrons. The largest absolute Gasteiger partial charge is 0.253 e. The molecular formula is C20H25N. The summed E-state index contributed by atoms with van der Waals surface area (Å²) in [5, 5.41) is 1.24. The fourth-order valence-electron chi connectivity index (χ4n) is 3.27. The van der Waals surface area contributed by atoms with Crippen LogP contribution < -0.4 is 0 Å².